The number of carbonyl (C=O) groups excluding carboxylic acids is 1. The molecule has 1 aromatic heterocycles. The van der Waals surface area contributed by atoms with Crippen molar-refractivity contribution in [3.05, 3.63) is 53.9 Å². The zero-order valence-corrected chi connectivity index (χ0v) is 12.5. The number of rotatable bonds is 2. The van der Waals surface area contributed by atoms with Crippen molar-refractivity contribution in [2.75, 3.05) is 29.4 Å². The quantitative estimate of drug-likeness (QED) is 0.854. The van der Waals surface area contributed by atoms with E-state index in [-0.39, 0.29) is 5.91 Å². The van der Waals surface area contributed by atoms with Crippen LogP contribution in [0.5, 0.6) is 0 Å². The van der Waals surface area contributed by atoms with E-state index in [1.54, 1.807) is 0 Å². The minimum Gasteiger partial charge on any atom is -0.370 e. The fourth-order valence-electron chi connectivity index (χ4n) is 3.36. The Morgan fingerprint density at radius 3 is 2.59 bits per heavy atom. The summed E-state index contributed by atoms with van der Waals surface area (Å²) in [5.41, 5.74) is 3.91. The van der Waals surface area contributed by atoms with Crippen LogP contribution in [0.4, 0.5) is 11.4 Å². The van der Waals surface area contributed by atoms with Crippen LogP contribution >= 0.6 is 0 Å². The maximum atomic E-state index is 12.7. The summed E-state index contributed by atoms with van der Waals surface area (Å²) in [6.07, 6.45) is 5.24. The van der Waals surface area contributed by atoms with Crippen molar-refractivity contribution in [3.63, 3.8) is 0 Å². The minimum absolute atomic E-state index is 0.00192. The zero-order chi connectivity index (χ0) is 14.9. The van der Waals surface area contributed by atoms with Gasteiger partial charge in [-0.15, -0.1) is 0 Å². The number of aromatic nitrogens is 1. The molecule has 3 heterocycles. The molecule has 1 saturated heterocycles. The van der Waals surface area contributed by atoms with Crippen LogP contribution < -0.4 is 9.80 Å². The van der Waals surface area contributed by atoms with E-state index in [0.717, 1.165) is 37.4 Å². The SMILES string of the molecule is O=C(c1ccc(N2CCCC2)cn1)N1CCc2ccccc21. The van der Waals surface area contributed by atoms with Crippen molar-refractivity contribution in [1.29, 1.82) is 0 Å². The monoisotopic (exact) mass is 293 g/mol. The van der Waals surface area contributed by atoms with Crippen molar-refractivity contribution < 1.29 is 4.79 Å². The van der Waals surface area contributed by atoms with Crippen molar-refractivity contribution in [2.45, 2.75) is 19.3 Å². The normalized spacial score (nSPS) is 16.9. The highest BCUT2D eigenvalue weighted by Gasteiger charge is 2.26. The molecule has 0 spiro atoms. The van der Waals surface area contributed by atoms with Gasteiger partial charge in [0.25, 0.3) is 5.91 Å². The van der Waals surface area contributed by atoms with Crippen molar-refractivity contribution in [3.8, 4) is 0 Å². The fraction of sp³-hybridized carbons (Fsp3) is 0.333. The molecule has 0 radical (unpaired) electrons. The second-order valence-electron chi connectivity index (χ2n) is 5.93. The molecule has 2 aliphatic rings. The maximum Gasteiger partial charge on any atom is 0.276 e. The summed E-state index contributed by atoms with van der Waals surface area (Å²) in [6.45, 7) is 2.93. The Hall–Kier alpha value is -2.36. The van der Waals surface area contributed by atoms with Crippen LogP contribution in [-0.4, -0.2) is 30.5 Å². The van der Waals surface area contributed by atoms with Crippen LogP contribution in [0, 0.1) is 0 Å². The van der Waals surface area contributed by atoms with Crippen LogP contribution in [0.2, 0.25) is 0 Å². The van der Waals surface area contributed by atoms with E-state index in [2.05, 4.69) is 16.0 Å². The van der Waals surface area contributed by atoms with E-state index in [9.17, 15) is 4.79 Å². The topological polar surface area (TPSA) is 36.4 Å². The summed E-state index contributed by atoms with van der Waals surface area (Å²) in [5, 5.41) is 0. The number of hydrogen-bond acceptors (Lipinski definition) is 3. The molecular weight excluding hydrogens is 274 g/mol. The predicted octanol–water partition coefficient (Wildman–Crippen LogP) is 2.88. The maximum absolute atomic E-state index is 12.7. The molecule has 1 aromatic carbocycles. The Balaban J connectivity index is 1.56. The number of nitrogens with zero attached hydrogens (tertiary/aromatic N) is 3. The van der Waals surface area contributed by atoms with E-state index < -0.39 is 0 Å². The van der Waals surface area contributed by atoms with Gasteiger partial charge in [0.15, 0.2) is 0 Å². The molecule has 0 saturated carbocycles. The van der Waals surface area contributed by atoms with Gasteiger partial charge in [0.2, 0.25) is 0 Å². The number of amides is 1. The summed E-state index contributed by atoms with van der Waals surface area (Å²) in [5.74, 6) is -0.00192. The van der Waals surface area contributed by atoms with Gasteiger partial charge in [0, 0.05) is 25.3 Å². The van der Waals surface area contributed by atoms with Gasteiger partial charge in [-0.25, -0.2) is 4.98 Å². The summed E-state index contributed by atoms with van der Waals surface area (Å²) in [4.78, 5) is 21.3. The highest BCUT2D eigenvalue weighted by Crippen LogP contribution is 2.29. The van der Waals surface area contributed by atoms with Crippen LogP contribution in [0.15, 0.2) is 42.6 Å². The fourth-order valence-corrected chi connectivity index (χ4v) is 3.36. The Labute approximate surface area is 130 Å². The standard InChI is InChI=1S/C18H19N3O/c22-18(21-12-9-14-5-1-2-6-17(14)21)16-8-7-15(13-19-16)20-10-3-4-11-20/h1-2,5-8,13H,3-4,9-12H2. The molecule has 1 amide bonds. The Kier molecular flexibility index (Phi) is 3.29. The number of fused-ring (bicyclic) bond motifs is 1. The van der Waals surface area contributed by atoms with Gasteiger partial charge in [0.1, 0.15) is 5.69 Å². The number of para-hydroxylation sites is 1. The van der Waals surface area contributed by atoms with Gasteiger partial charge in [0.05, 0.1) is 11.9 Å². The molecule has 2 aliphatic heterocycles. The van der Waals surface area contributed by atoms with Gasteiger partial charge in [-0.1, -0.05) is 18.2 Å². The third kappa shape index (κ3) is 2.25. The minimum atomic E-state index is -0.00192. The molecular formula is C18H19N3O. The molecule has 4 rings (SSSR count). The molecule has 0 atom stereocenters. The average Bonchev–Trinajstić information content (AvgIpc) is 3.24. The van der Waals surface area contributed by atoms with Gasteiger partial charge in [-0.05, 0) is 43.0 Å². The van der Waals surface area contributed by atoms with Crippen molar-refractivity contribution >= 4 is 17.3 Å². The smallest absolute Gasteiger partial charge is 0.276 e. The second kappa shape index (κ2) is 5.44. The first kappa shape index (κ1) is 13.3. The lowest BCUT2D eigenvalue weighted by molar-refractivity contribution is 0.0984. The zero-order valence-electron chi connectivity index (χ0n) is 12.5. The van der Waals surface area contributed by atoms with Crippen molar-refractivity contribution in [1.82, 2.24) is 4.98 Å². The first-order valence-electron chi connectivity index (χ1n) is 7.94. The highest BCUT2D eigenvalue weighted by atomic mass is 16.2. The average molecular weight is 293 g/mol. The lowest BCUT2D eigenvalue weighted by Gasteiger charge is -2.19. The van der Waals surface area contributed by atoms with Gasteiger partial charge in [-0.3, -0.25) is 4.79 Å². The molecule has 1 fully saturated rings. The van der Waals surface area contributed by atoms with Crippen LogP contribution in [-0.2, 0) is 6.42 Å². The van der Waals surface area contributed by atoms with Gasteiger partial charge >= 0.3 is 0 Å². The molecule has 0 N–H and O–H groups in total. The first-order valence-corrected chi connectivity index (χ1v) is 7.94. The van der Waals surface area contributed by atoms with Crippen LogP contribution in [0.25, 0.3) is 0 Å². The molecule has 4 nitrogen and oxygen atoms in total. The Morgan fingerprint density at radius 1 is 1.00 bits per heavy atom. The molecule has 2 aromatic rings. The molecule has 0 bridgehead atoms. The predicted molar refractivity (Wildman–Crippen MR) is 87.5 cm³/mol. The van der Waals surface area contributed by atoms with Crippen LogP contribution in [0.3, 0.4) is 0 Å². The summed E-state index contributed by atoms with van der Waals surface area (Å²) < 4.78 is 0. The van der Waals surface area contributed by atoms with E-state index in [1.807, 2.05) is 41.4 Å². The van der Waals surface area contributed by atoms with E-state index in [0.29, 0.717) is 5.69 Å². The molecule has 0 aliphatic carbocycles. The highest BCUT2D eigenvalue weighted by molar-refractivity contribution is 6.06. The molecule has 4 heteroatoms. The lowest BCUT2D eigenvalue weighted by Crippen LogP contribution is -2.29. The number of pyridine rings is 1. The largest absolute Gasteiger partial charge is 0.370 e. The Bertz CT molecular complexity index is 690. The summed E-state index contributed by atoms with van der Waals surface area (Å²) in [6, 6.07) is 12.0. The number of carbonyl (C=O) groups is 1. The summed E-state index contributed by atoms with van der Waals surface area (Å²) in [7, 11) is 0. The number of benzene rings is 1. The summed E-state index contributed by atoms with van der Waals surface area (Å²) >= 11 is 0. The molecule has 112 valence electrons. The second-order valence-corrected chi connectivity index (χ2v) is 5.93. The lowest BCUT2D eigenvalue weighted by atomic mass is 10.2. The van der Waals surface area contributed by atoms with Crippen LogP contribution in [0.1, 0.15) is 28.9 Å². The molecule has 0 unspecified atom stereocenters. The molecule has 22 heavy (non-hydrogen) atoms. The third-order valence-corrected chi connectivity index (χ3v) is 4.57. The van der Waals surface area contributed by atoms with Gasteiger partial charge in [-0.2, -0.15) is 0 Å². The van der Waals surface area contributed by atoms with E-state index >= 15 is 0 Å². The van der Waals surface area contributed by atoms with E-state index in [1.165, 1.54) is 18.4 Å². The van der Waals surface area contributed by atoms with E-state index in [4.69, 9.17) is 0 Å². The van der Waals surface area contributed by atoms with Gasteiger partial charge < -0.3 is 9.80 Å². The Morgan fingerprint density at radius 2 is 1.82 bits per heavy atom. The third-order valence-electron chi connectivity index (χ3n) is 4.57. The first-order chi connectivity index (χ1) is 10.8. The van der Waals surface area contributed by atoms with Crippen molar-refractivity contribution in [2.24, 2.45) is 0 Å². The number of anilines is 2. The number of hydrogen-bond donors (Lipinski definition) is 0.